The highest BCUT2D eigenvalue weighted by molar-refractivity contribution is 6.30. The first-order chi connectivity index (χ1) is 9.22. The lowest BCUT2D eigenvalue weighted by molar-refractivity contribution is 0.304. The Balaban J connectivity index is 2.10. The zero-order chi connectivity index (χ0) is 13.7. The van der Waals surface area contributed by atoms with Crippen molar-refractivity contribution in [3.63, 3.8) is 0 Å². The summed E-state index contributed by atoms with van der Waals surface area (Å²) in [6, 6.07) is 9.09. The first-order valence-electron chi connectivity index (χ1n) is 5.53. The van der Waals surface area contributed by atoms with Gasteiger partial charge in [0.1, 0.15) is 24.2 Å². The van der Waals surface area contributed by atoms with Crippen LogP contribution < -0.4 is 9.47 Å². The molecular weight excluding hydrogens is 264 g/mol. The van der Waals surface area contributed by atoms with E-state index in [4.69, 9.17) is 26.3 Å². The van der Waals surface area contributed by atoms with E-state index < -0.39 is 0 Å². The van der Waals surface area contributed by atoms with Gasteiger partial charge in [-0.05, 0) is 17.7 Å². The number of ether oxygens (including phenoxy) is 2. The monoisotopic (exact) mass is 274 g/mol. The van der Waals surface area contributed by atoms with Crippen LogP contribution in [0, 0.1) is 11.3 Å². The van der Waals surface area contributed by atoms with E-state index in [2.05, 4.69) is 11.1 Å². The second kappa shape index (κ2) is 6.07. The van der Waals surface area contributed by atoms with Gasteiger partial charge in [-0.2, -0.15) is 5.26 Å². The SMILES string of the molecule is COc1ccc(COc2cncc(Cl)c2)cc1C#N. The Morgan fingerprint density at radius 3 is 2.84 bits per heavy atom. The van der Waals surface area contributed by atoms with E-state index in [-0.39, 0.29) is 0 Å². The van der Waals surface area contributed by atoms with Crippen molar-refractivity contribution in [2.24, 2.45) is 0 Å². The molecule has 0 spiro atoms. The molecular formula is C14H11ClN2O2. The molecule has 19 heavy (non-hydrogen) atoms. The summed E-state index contributed by atoms with van der Waals surface area (Å²) in [6.45, 7) is 0.334. The maximum Gasteiger partial charge on any atom is 0.139 e. The summed E-state index contributed by atoms with van der Waals surface area (Å²) >= 11 is 5.81. The van der Waals surface area contributed by atoms with Crippen LogP contribution in [0.15, 0.2) is 36.7 Å². The van der Waals surface area contributed by atoms with Crippen LogP contribution in [0.25, 0.3) is 0 Å². The first kappa shape index (κ1) is 13.2. The molecule has 1 heterocycles. The van der Waals surface area contributed by atoms with Gasteiger partial charge < -0.3 is 9.47 Å². The highest BCUT2D eigenvalue weighted by Gasteiger charge is 2.04. The van der Waals surface area contributed by atoms with Crippen molar-refractivity contribution in [2.75, 3.05) is 7.11 Å². The maximum absolute atomic E-state index is 9.00. The molecule has 2 aromatic rings. The Morgan fingerprint density at radius 2 is 2.16 bits per heavy atom. The standard InChI is InChI=1S/C14H11ClN2O2/c1-18-14-3-2-10(4-11(14)6-16)9-19-13-5-12(15)7-17-8-13/h2-5,7-8H,9H2,1H3. The lowest BCUT2D eigenvalue weighted by atomic mass is 10.1. The van der Waals surface area contributed by atoms with Crippen molar-refractivity contribution in [3.8, 4) is 17.6 Å². The predicted octanol–water partition coefficient (Wildman–Crippen LogP) is 3.19. The lowest BCUT2D eigenvalue weighted by Gasteiger charge is -2.08. The molecule has 1 aromatic carbocycles. The van der Waals surface area contributed by atoms with Crippen molar-refractivity contribution < 1.29 is 9.47 Å². The fraction of sp³-hybridized carbons (Fsp3) is 0.143. The van der Waals surface area contributed by atoms with Crippen molar-refractivity contribution >= 4 is 11.6 Å². The van der Waals surface area contributed by atoms with Gasteiger partial charge in [0.2, 0.25) is 0 Å². The van der Waals surface area contributed by atoms with Crippen LogP contribution in [-0.2, 0) is 6.61 Å². The molecule has 0 radical (unpaired) electrons. The minimum Gasteiger partial charge on any atom is -0.495 e. The zero-order valence-electron chi connectivity index (χ0n) is 10.3. The maximum atomic E-state index is 9.00. The Hall–Kier alpha value is -2.25. The molecule has 1 aromatic heterocycles. The normalized spacial score (nSPS) is 9.74. The second-order valence-corrected chi connectivity index (χ2v) is 4.21. The number of hydrogen-bond donors (Lipinski definition) is 0. The summed E-state index contributed by atoms with van der Waals surface area (Å²) < 4.78 is 10.6. The quantitative estimate of drug-likeness (QED) is 0.859. The summed E-state index contributed by atoms with van der Waals surface area (Å²) in [7, 11) is 1.53. The van der Waals surface area contributed by atoms with Gasteiger partial charge >= 0.3 is 0 Å². The van der Waals surface area contributed by atoms with Crippen LogP contribution in [0.5, 0.6) is 11.5 Å². The Kier molecular flexibility index (Phi) is 4.22. The molecule has 0 saturated heterocycles. The third-order valence-electron chi connectivity index (χ3n) is 2.47. The molecule has 0 saturated carbocycles. The molecule has 0 amide bonds. The molecule has 96 valence electrons. The first-order valence-corrected chi connectivity index (χ1v) is 5.91. The van der Waals surface area contributed by atoms with Crippen LogP contribution in [0.1, 0.15) is 11.1 Å². The molecule has 0 aliphatic heterocycles. The molecule has 0 bridgehead atoms. The highest BCUT2D eigenvalue weighted by atomic mass is 35.5. The van der Waals surface area contributed by atoms with Crippen molar-refractivity contribution in [1.29, 1.82) is 5.26 Å². The molecule has 0 atom stereocenters. The Labute approximate surface area is 116 Å². The van der Waals surface area contributed by atoms with Gasteiger partial charge in [-0.3, -0.25) is 4.98 Å². The summed E-state index contributed by atoms with van der Waals surface area (Å²) in [6.07, 6.45) is 3.12. The molecule has 2 rings (SSSR count). The average Bonchev–Trinajstić information content (AvgIpc) is 2.45. The third-order valence-corrected chi connectivity index (χ3v) is 2.68. The van der Waals surface area contributed by atoms with Crippen molar-refractivity contribution in [3.05, 3.63) is 52.8 Å². The molecule has 5 heteroatoms. The number of halogens is 1. The number of rotatable bonds is 4. The van der Waals surface area contributed by atoms with Crippen LogP contribution in [0.2, 0.25) is 5.02 Å². The Morgan fingerprint density at radius 1 is 1.32 bits per heavy atom. The van der Waals surface area contributed by atoms with E-state index in [9.17, 15) is 0 Å². The van der Waals surface area contributed by atoms with Crippen molar-refractivity contribution in [2.45, 2.75) is 6.61 Å². The van der Waals surface area contributed by atoms with Crippen LogP contribution in [0.4, 0.5) is 0 Å². The van der Waals surface area contributed by atoms with Crippen molar-refractivity contribution in [1.82, 2.24) is 4.98 Å². The van der Waals surface area contributed by atoms with Gasteiger partial charge in [0.05, 0.1) is 23.9 Å². The van der Waals surface area contributed by atoms with Gasteiger partial charge in [0, 0.05) is 12.3 Å². The zero-order valence-corrected chi connectivity index (χ0v) is 11.0. The fourth-order valence-corrected chi connectivity index (χ4v) is 1.73. The predicted molar refractivity (Wildman–Crippen MR) is 71.3 cm³/mol. The van der Waals surface area contributed by atoms with Gasteiger partial charge in [-0.15, -0.1) is 0 Å². The number of nitriles is 1. The summed E-state index contributed by atoms with van der Waals surface area (Å²) in [5, 5.41) is 9.52. The molecule has 0 aliphatic rings. The number of hydrogen-bond acceptors (Lipinski definition) is 4. The molecule has 0 fully saturated rings. The van der Waals surface area contributed by atoms with E-state index in [1.165, 1.54) is 13.3 Å². The van der Waals surface area contributed by atoms with E-state index in [1.807, 2.05) is 6.07 Å². The Bertz CT molecular complexity index is 623. The second-order valence-electron chi connectivity index (χ2n) is 3.77. The van der Waals surface area contributed by atoms with E-state index >= 15 is 0 Å². The third kappa shape index (κ3) is 3.36. The lowest BCUT2D eigenvalue weighted by Crippen LogP contribution is -1.97. The van der Waals surface area contributed by atoms with E-state index in [0.717, 1.165) is 5.56 Å². The fourth-order valence-electron chi connectivity index (χ4n) is 1.57. The molecule has 0 N–H and O–H groups in total. The number of pyridine rings is 1. The average molecular weight is 275 g/mol. The van der Waals surface area contributed by atoms with E-state index in [1.54, 1.807) is 24.4 Å². The largest absolute Gasteiger partial charge is 0.495 e. The summed E-state index contributed by atoms with van der Waals surface area (Å²) in [5.74, 6) is 1.14. The van der Waals surface area contributed by atoms with Gasteiger partial charge in [0.25, 0.3) is 0 Å². The van der Waals surface area contributed by atoms with Gasteiger partial charge in [0.15, 0.2) is 0 Å². The van der Waals surface area contributed by atoms with Crippen LogP contribution in [-0.4, -0.2) is 12.1 Å². The summed E-state index contributed by atoms with van der Waals surface area (Å²) in [5.41, 5.74) is 1.35. The number of aromatic nitrogens is 1. The number of benzene rings is 1. The molecule has 4 nitrogen and oxygen atoms in total. The van der Waals surface area contributed by atoms with E-state index in [0.29, 0.717) is 28.7 Å². The van der Waals surface area contributed by atoms with Gasteiger partial charge in [-0.1, -0.05) is 17.7 Å². The molecule has 0 aliphatic carbocycles. The minimum atomic E-state index is 0.334. The summed E-state index contributed by atoms with van der Waals surface area (Å²) in [4.78, 5) is 3.93. The highest BCUT2D eigenvalue weighted by Crippen LogP contribution is 2.21. The topological polar surface area (TPSA) is 55.1 Å². The minimum absolute atomic E-state index is 0.334. The number of nitrogens with zero attached hydrogens (tertiary/aromatic N) is 2. The smallest absolute Gasteiger partial charge is 0.139 e. The van der Waals surface area contributed by atoms with Gasteiger partial charge in [-0.25, -0.2) is 0 Å². The number of methoxy groups -OCH3 is 1. The van der Waals surface area contributed by atoms with Crippen LogP contribution >= 0.6 is 11.6 Å². The molecule has 0 unspecified atom stereocenters. The van der Waals surface area contributed by atoms with Crippen LogP contribution in [0.3, 0.4) is 0 Å².